The fourth-order valence-corrected chi connectivity index (χ4v) is 3.16. The van der Waals surface area contributed by atoms with E-state index in [4.69, 9.17) is 10.5 Å². The Kier molecular flexibility index (Phi) is 5.13. The first-order valence-electron chi connectivity index (χ1n) is 8.75. The van der Waals surface area contributed by atoms with Gasteiger partial charge in [-0.1, -0.05) is 6.92 Å². The molecule has 1 aromatic heterocycles. The van der Waals surface area contributed by atoms with E-state index in [1.54, 1.807) is 24.3 Å². The van der Waals surface area contributed by atoms with Crippen molar-refractivity contribution < 1.29 is 14.3 Å². The van der Waals surface area contributed by atoms with Crippen LogP contribution < -0.4 is 20.7 Å². The lowest BCUT2D eigenvalue weighted by Gasteiger charge is -2.19. The highest BCUT2D eigenvalue weighted by molar-refractivity contribution is 6.01. The van der Waals surface area contributed by atoms with Crippen LogP contribution in [0.1, 0.15) is 30.1 Å². The zero-order valence-electron chi connectivity index (χ0n) is 15.6. The number of ether oxygens (including phenoxy) is 1. The lowest BCUT2D eigenvalue weighted by atomic mass is 9.85. The number of nitrogens with one attached hydrogen (secondary N) is 1. The molecule has 2 aromatic rings. The SMILES string of the molecule is CC[C@]1(C#N)CCN(c2ccnc(Nc3ccc(C(N)=O)c(OC)c3)n2)C1=O. The smallest absolute Gasteiger partial charge is 0.252 e. The van der Waals surface area contributed by atoms with E-state index < -0.39 is 11.3 Å². The standard InChI is InChI=1S/C19H20N6O3/c1-3-19(11-20)7-9-25(17(19)27)15-6-8-22-18(24-15)23-12-4-5-13(16(21)26)14(10-12)28-2/h4-6,8,10H,3,7,9H2,1-2H3,(H2,21,26)(H,22,23,24)/t19-/m1/s1. The predicted molar refractivity (Wildman–Crippen MR) is 102 cm³/mol. The van der Waals surface area contributed by atoms with Crippen molar-refractivity contribution in [3.8, 4) is 11.8 Å². The molecule has 0 bridgehead atoms. The molecule has 1 fully saturated rings. The zero-order valence-corrected chi connectivity index (χ0v) is 15.6. The maximum Gasteiger partial charge on any atom is 0.252 e. The van der Waals surface area contributed by atoms with Crippen LogP contribution in [0.5, 0.6) is 5.75 Å². The number of hydrogen-bond donors (Lipinski definition) is 2. The molecule has 3 rings (SSSR count). The topological polar surface area (TPSA) is 134 Å². The van der Waals surface area contributed by atoms with E-state index in [0.717, 1.165) is 0 Å². The fraction of sp³-hybridized carbons (Fsp3) is 0.316. The lowest BCUT2D eigenvalue weighted by molar-refractivity contribution is -0.123. The monoisotopic (exact) mass is 380 g/mol. The van der Waals surface area contributed by atoms with Crippen LogP contribution in [0.4, 0.5) is 17.5 Å². The van der Waals surface area contributed by atoms with Crippen molar-refractivity contribution in [3.05, 3.63) is 36.0 Å². The maximum atomic E-state index is 12.7. The minimum Gasteiger partial charge on any atom is -0.496 e. The first-order valence-corrected chi connectivity index (χ1v) is 8.75. The summed E-state index contributed by atoms with van der Waals surface area (Å²) < 4.78 is 5.19. The van der Waals surface area contributed by atoms with Gasteiger partial charge in [0.2, 0.25) is 11.9 Å². The molecule has 1 saturated heterocycles. The Bertz CT molecular complexity index is 970. The number of carbonyl (C=O) groups excluding carboxylic acids is 2. The molecule has 144 valence electrons. The molecule has 2 amide bonds. The summed E-state index contributed by atoms with van der Waals surface area (Å²) in [6.45, 7) is 2.26. The number of methoxy groups -OCH3 is 1. The summed E-state index contributed by atoms with van der Waals surface area (Å²) in [6, 6.07) is 8.58. The van der Waals surface area contributed by atoms with Gasteiger partial charge in [0.05, 0.1) is 18.7 Å². The molecule has 2 heterocycles. The van der Waals surface area contributed by atoms with E-state index >= 15 is 0 Å². The van der Waals surface area contributed by atoms with Gasteiger partial charge in [-0.25, -0.2) is 4.98 Å². The number of rotatable bonds is 6. The van der Waals surface area contributed by atoms with Gasteiger partial charge in [-0.2, -0.15) is 10.2 Å². The van der Waals surface area contributed by atoms with Crippen molar-refractivity contribution in [2.45, 2.75) is 19.8 Å². The second-order valence-electron chi connectivity index (χ2n) is 6.40. The third kappa shape index (κ3) is 3.32. The molecule has 0 radical (unpaired) electrons. The van der Waals surface area contributed by atoms with Gasteiger partial charge in [0.1, 0.15) is 17.0 Å². The van der Waals surface area contributed by atoms with Gasteiger partial charge in [0.25, 0.3) is 5.91 Å². The number of primary amides is 1. The number of carbonyl (C=O) groups is 2. The molecule has 1 aromatic carbocycles. The number of anilines is 3. The molecule has 1 aliphatic rings. The second-order valence-corrected chi connectivity index (χ2v) is 6.40. The second kappa shape index (κ2) is 7.52. The quantitative estimate of drug-likeness (QED) is 0.782. The molecule has 9 heteroatoms. The highest BCUT2D eigenvalue weighted by Gasteiger charge is 2.46. The molecule has 3 N–H and O–H groups in total. The summed E-state index contributed by atoms with van der Waals surface area (Å²) in [5.74, 6) is 0.185. The van der Waals surface area contributed by atoms with Crippen LogP contribution in [-0.2, 0) is 4.79 Å². The highest BCUT2D eigenvalue weighted by atomic mass is 16.5. The van der Waals surface area contributed by atoms with Crippen molar-refractivity contribution in [3.63, 3.8) is 0 Å². The van der Waals surface area contributed by atoms with E-state index in [1.165, 1.54) is 18.2 Å². The molecule has 0 saturated carbocycles. The summed E-state index contributed by atoms with van der Waals surface area (Å²) in [4.78, 5) is 34.2. The molecule has 0 spiro atoms. The van der Waals surface area contributed by atoms with Crippen molar-refractivity contribution in [2.75, 3.05) is 23.9 Å². The Hall–Kier alpha value is -3.67. The van der Waals surface area contributed by atoms with Gasteiger partial charge in [-0.3, -0.25) is 14.5 Å². The maximum absolute atomic E-state index is 12.7. The number of nitrogens with two attached hydrogens (primary N) is 1. The summed E-state index contributed by atoms with van der Waals surface area (Å²) in [5.41, 5.74) is 5.18. The zero-order chi connectivity index (χ0) is 20.3. The van der Waals surface area contributed by atoms with Gasteiger partial charge in [0, 0.05) is 24.5 Å². The Labute approximate surface area is 162 Å². The minimum atomic E-state index is -0.990. The predicted octanol–water partition coefficient (Wildman–Crippen LogP) is 1.98. The number of hydrogen-bond acceptors (Lipinski definition) is 7. The van der Waals surface area contributed by atoms with E-state index in [2.05, 4.69) is 21.4 Å². The highest BCUT2D eigenvalue weighted by Crippen LogP contribution is 2.36. The number of aromatic nitrogens is 2. The van der Waals surface area contributed by atoms with E-state index in [0.29, 0.717) is 36.6 Å². The molecule has 0 unspecified atom stereocenters. The van der Waals surface area contributed by atoms with Crippen LogP contribution >= 0.6 is 0 Å². The van der Waals surface area contributed by atoms with Gasteiger partial charge in [-0.15, -0.1) is 0 Å². The normalized spacial score (nSPS) is 18.6. The fourth-order valence-electron chi connectivity index (χ4n) is 3.16. The minimum absolute atomic E-state index is 0.241. The van der Waals surface area contributed by atoms with Crippen LogP contribution in [0.15, 0.2) is 30.5 Å². The van der Waals surface area contributed by atoms with E-state index in [1.807, 2.05) is 6.92 Å². The number of nitriles is 1. The molecule has 28 heavy (non-hydrogen) atoms. The van der Waals surface area contributed by atoms with Crippen molar-refractivity contribution in [1.29, 1.82) is 5.26 Å². The van der Waals surface area contributed by atoms with Gasteiger partial charge >= 0.3 is 0 Å². The van der Waals surface area contributed by atoms with E-state index in [9.17, 15) is 14.9 Å². The van der Waals surface area contributed by atoms with Gasteiger partial charge in [0.15, 0.2) is 0 Å². The summed E-state index contributed by atoms with van der Waals surface area (Å²) >= 11 is 0. The molecule has 1 atom stereocenters. The first-order chi connectivity index (χ1) is 13.4. The van der Waals surface area contributed by atoms with Crippen LogP contribution in [0, 0.1) is 16.7 Å². The van der Waals surface area contributed by atoms with Gasteiger partial charge in [-0.05, 0) is 31.0 Å². The molecule has 0 aliphatic carbocycles. The Morgan fingerprint density at radius 1 is 1.46 bits per heavy atom. The summed E-state index contributed by atoms with van der Waals surface area (Å²) in [6.07, 6.45) is 2.46. The number of benzene rings is 1. The molecular formula is C19H20N6O3. The summed E-state index contributed by atoms with van der Waals surface area (Å²) in [7, 11) is 1.44. The molecule has 1 aliphatic heterocycles. The molecule has 9 nitrogen and oxygen atoms in total. The molecular weight excluding hydrogens is 360 g/mol. The Morgan fingerprint density at radius 3 is 2.86 bits per heavy atom. The van der Waals surface area contributed by atoms with Crippen LogP contribution in [0.2, 0.25) is 0 Å². The van der Waals surface area contributed by atoms with Crippen molar-refractivity contribution >= 4 is 29.3 Å². The van der Waals surface area contributed by atoms with E-state index in [-0.39, 0.29) is 17.4 Å². The van der Waals surface area contributed by atoms with Gasteiger partial charge < -0.3 is 15.8 Å². The average Bonchev–Trinajstić information content (AvgIpc) is 3.04. The lowest BCUT2D eigenvalue weighted by Crippen LogP contribution is -2.33. The Balaban J connectivity index is 1.84. The van der Waals surface area contributed by atoms with Crippen molar-refractivity contribution in [2.24, 2.45) is 11.1 Å². The largest absolute Gasteiger partial charge is 0.496 e. The Morgan fingerprint density at radius 2 is 2.25 bits per heavy atom. The summed E-state index contributed by atoms with van der Waals surface area (Å²) in [5, 5.41) is 12.4. The number of amides is 2. The number of nitrogens with zero attached hydrogens (tertiary/aromatic N) is 4. The first kappa shape index (κ1) is 19.1. The van der Waals surface area contributed by atoms with Crippen LogP contribution in [0.25, 0.3) is 0 Å². The van der Waals surface area contributed by atoms with Crippen molar-refractivity contribution in [1.82, 2.24) is 9.97 Å². The third-order valence-corrected chi connectivity index (χ3v) is 4.87. The third-order valence-electron chi connectivity index (χ3n) is 4.87. The van der Waals surface area contributed by atoms with Crippen LogP contribution in [-0.4, -0.2) is 35.4 Å². The average molecular weight is 380 g/mol. The van der Waals surface area contributed by atoms with Crippen LogP contribution in [0.3, 0.4) is 0 Å².